The van der Waals surface area contributed by atoms with Crippen LogP contribution >= 0.6 is 0 Å². The zero-order valence-corrected chi connectivity index (χ0v) is 14.1. The van der Waals surface area contributed by atoms with Crippen molar-refractivity contribution in [1.29, 1.82) is 0 Å². The van der Waals surface area contributed by atoms with Crippen molar-refractivity contribution in [2.24, 2.45) is 11.8 Å². The standard InChI is InChI=1S/C15H30N2O2S/c1-12(13-6-5-7-16-11-13)10-14(18)17-8-9-20(19)15(2,3)4/h12-13,16H,5-11H2,1-4H3,(H,17,18). The molecule has 118 valence electrons. The highest BCUT2D eigenvalue weighted by molar-refractivity contribution is 7.86. The molecule has 1 fully saturated rings. The van der Waals surface area contributed by atoms with Gasteiger partial charge < -0.3 is 10.6 Å². The highest BCUT2D eigenvalue weighted by atomic mass is 32.2. The summed E-state index contributed by atoms with van der Waals surface area (Å²) in [6.07, 6.45) is 3.01. The Kier molecular flexibility index (Phi) is 7.17. The largest absolute Gasteiger partial charge is 0.355 e. The molecule has 3 unspecified atom stereocenters. The Bertz CT molecular complexity index is 333. The van der Waals surface area contributed by atoms with Crippen molar-refractivity contribution in [2.45, 2.75) is 51.7 Å². The van der Waals surface area contributed by atoms with Crippen LogP contribution in [0.3, 0.4) is 0 Å². The van der Waals surface area contributed by atoms with Gasteiger partial charge in [-0.2, -0.15) is 0 Å². The number of hydrogen-bond donors (Lipinski definition) is 2. The molecular formula is C15H30N2O2S. The maximum Gasteiger partial charge on any atom is 0.220 e. The van der Waals surface area contributed by atoms with Crippen LogP contribution < -0.4 is 10.6 Å². The van der Waals surface area contributed by atoms with Gasteiger partial charge in [0.2, 0.25) is 5.91 Å². The molecule has 0 aliphatic carbocycles. The van der Waals surface area contributed by atoms with Crippen molar-refractivity contribution in [3.63, 3.8) is 0 Å². The number of nitrogens with one attached hydrogen (secondary N) is 2. The van der Waals surface area contributed by atoms with Gasteiger partial charge in [0, 0.05) is 34.3 Å². The second-order valence-corrected chi connectivity index (χ2v) is 9.12. The second kappa shape index (κ2) is 8.13. The van der Waals surface area contributed by atoms with Gasteiger partial charge in [0.05, 0.1) is 0 Å². The number of hydrogen-bond acceptors (Lipinski definition) is 3. The molecule has 1 rings (SSSR count). The van der Waals surface area contributed by atoms with Gasteiger partial charge in [-0.3, -0.25) is 9.00 Å². The fraction of sp³-hybridized carbons (Fsp3) is 0.933. The van der Waals surface area contributed by atoms with Crippen molar-refractivity contribution >= 4 is 16.7 Å². The molecule has 1 amide bonds. The average Bonchev–Trinajstić information content (AvgIpc) is 2.38. The highest BCUT2D eigenvalue weighted by Crippen LogP contribution is 2.22. The van der Waals surface area contributed by atoms with E-state index in [1.807, 2.05) is 20.8 Å². The van der Waals surface area contributed by atoms with Gasteiger partial charge >= 0.3 is 0 Å². The Morgan fingerprint density at radius 1 is 1.45 bits per heavy atom. The van der Waals surface area contributed by atoms with Crippen LogP contribution in [0, 0.1) is 11.8 Å². The number of piperidine rings is 1. The minimum Gasteiger partial charge on any atom is -0.355 e. The van der Waals surface area contributed by atoms with Crippen LogP contribution in [0.15, 0.2) is 0 Å². The first-order valence-electron chi connectivity index (χ1n) is 7.66. The average molecular weight is 302 g/mol. The van der Waals surface area contributed by atoms with E-state index in [4.69, 9.17) is 0 Å². The number of amides is 1. The Hall–Kier alpha value is -0.420. The van der Waals surface area contributed by atoms with E-state index in [2.05, 4.69) is 17.6 Å². The van der Waals surface area contributed by atoms with E-state index in [0.29, 0.717) is 30.6 Å². The molecule has 0 spiro atoms. The fourth-order valence-electron chi connectivity index (χ4n) is 2.49. The summed E-state index contributed by atoms with van der Waals surface area (Å²) in [4.78, 5) is 11.9. The summed E-state index contributed by atoms with van der Waals surface area (Å²) in [5, 5.41) is 6.30. The first kappa shape index (κ1) is 17.6. The molecule has 1 heterocycles. The fourth-order valence-corrected chi connectivity index (χ4v) is 3.38. The minimum atomic E-state index is -0.895. The normalized spacial score (nSPS) is 23.1. The van der Waals surface area contributed by atoms with Crippen LogP contribution in [-0.4, -0.2) is 40.3 Å². The van der Waals surface area contributed by atoms with Gasteiger partial charge in [0.15, 0.2) is 0 Å². The highest BCUT2D eigenvalue weighted by Gasteiger charge is 2.22. The number of carbonyl (C=O) groups is 1. The predicted octanol–water partition coefficient (Wildman–Crippen LogP) is 1.68. The lowest BCUT2D eigenvalue weighted by molar-refractivity contribution is -0.122. The van der Waals surface area contributed by atoms with Crippen molar-refractivity contribution in [2.75, 3.05) is 25.4 Å². The molecule has 5 heteroatoms. The molecule has 0 bridgehead atoms. The first-order valence-corrected chi connectivity index (χ1v) is 8.98. The van der Waals surface area contributed by atoms with Gasteiger partial charge in [0.1, 0.15) is 0 Å². The predicted molar refractivity (Wildman–Crippen MR) is 85.1 cm³/mol. The molecule has 0 saturated carbocycles. The molecule has 20 heavy (non-hydrogen) atoms. The van der Waals surface area contributed by atoms with Crippen LogP contribution in [0.5, 0.6) is 0 Å². The van der Waals surface area contributed by atoms with E-state index < -0.39 is 10.8 Å². The van der Waals surface area contributed by atoms with Crippen LogP contribution in [0.4, 0.5) is 0 Å². The lowest BCUT2D eigenvalue weighted by atomic mass is 9.85. The molecule has 1 aliphatic heterocycles. The van der Waals surface area contributed by atoms with E-state index in [0.717, 1.165) is 13.1 Å². The maximum absolute atomic E-state index is 11.9. The SMILES string of the molecule is CC(CC(=O)NCCS(=O)C(C)(C)C)C1CCCNC1. The molecular weight excluding hydrogens is 272 g/mol. The van der Waals surface area contributed by atoms with Gasteiger partial charge in [-0.05, 0) is 58.5 Å². The Balaban J connectivity index is 2.21. The monoisotopic (exact) mass is 302 g/mol. The number of rotatable bonds is 6. The van der Waals surface area contributed by atoms with Crippen LogP contribution in [0.25, 0.3) is 0 Å². The molecule has 0 aromatic rings. The third-order valence-corrected chi connectivity index (χ3v) is 5.88. The summed E-state index contributed by atoms with van der Waals surface area (Å²) < 4.78 is 11.7. The Morgan fingerprint density at radius 2 is 2.15 bits per heavy atom. The molecule has 0 radical (unpaired) electrons. The number of carbonyl (C=O) groups excluding carboxylic acids is 1. The lowest BCUT2D eigenvalue weighted by Gasteiger charge is -2.28. The quantitative estimate of drug-likeness (QED) is 0.785. The molecule has 3 atom stereocenters. The van der Waals surface area contributed by atoms with Crippen LogP contribution in [-0.2, 0) is 15.6 Å². The molecule has 0 aromatic carbocycles. The molecule has 1 aliphatic rings. The van der Waals surface area contributed by atoms with Crippen molar-refractivity contribution < 1.29 is 9.00 Å². The first-order chi connectivity index (χ1) is 9.30. The van der Waals surface area contributed by atoms with E-state index in [9.17, 15) is 9.00 Å². The summed E-state index contributed by atoms with van der Waals surface area (Å²) in [5.74, 6) is 1.65. The minimum absolute atomic E-state index is 0.0917. The van der Waals surface area contributed by atoms with Gasteiger partial charge in [-0.15, -0.1) is 0 Å². The second-order valence-electron chi connectivity index (χ2n) is 6.80. The zero-order chi connectivity index (χ0) is 15.2. The van der Waals surface area contributed by atoms with Gasteiger partial charge in [0.25, 0.3) is 0 Å². The van der Waals surface area contributed by atoms with E-state index in [-0.39, 0.29) is 10.7 Å². The Labute approximate surface area is 125 Å². The van der Waals surface area contributed by atoms with Crippen molar-refractivity contribution in [3.05, 3.63) is 0 Å². The summed E-state index contributed by atoms with van der Waals surface area (Å²) in [5.41, 5.74) is 0. The lowest BCUT2D eigenvalue weighted by Crippen LogP contribution is -2.37. The van der Waals surface area contributed by atoms with Crippen molar-refractivity contribution in [3.8, 4) is 0 Å². The zero-order valence-electron chi connectivity index (χ0n) is 13.3. The van der Waals surface area contributed by atoms with Crippen LogP contribution in [0.2, 0.25) is 0 Å². The van der Waals surface area contributed by atoms with E-state index in [1.165, 1.54) is 12.8 Å². The van der Waals surface area contributed by atoms with E-state index >= 15 is 0 Å². The Morgan fingerprint density at radius 3 is 2.70 bits per heavy atom. The van der Waals surface area contributed by atoms with Gasteiger partial charge in [-0.25, -0.2) is 0 Å². The molecule has 2 N–H and O–H groups in total. The maximum atomic E-state index is 11.9. The molecule has 4 nitrogen and oxygen atoms in total. The summed E-state index contributed by atoms with van der Waals surface area (Å²) in [6, 6.07) is 0. The topological polar surface area (TPSA) is 58.2 Å². The van der Waals surface area contributed by atoms with Crippen molar-refractivity contribution in [1.82, 2.24) is 10.6 Å². The third-order valence-electron chi connectivity index (χ3n) is 3.94. The summed E-state index contributed by atoms with van der Waals surface area (Å²) in [6.45, 7) is 10.7. The van der Waals surface area contributed by atoms with Crippen LogP contribution in [0.1, 0.15) is 47.0 Å². The summed E-state index contributed by atoms with van der Waals surface area (Å²) in [7, 11) is -0.895. The summed E-state index contributed by atoms with van der Waals surface area (Å²) >= 11 is 0. The molecule has 1 saturated heterocycles. The smallest absolute Gasteiger partial charge is 0.220 e. The molecule has 0 aromatic heterocycles. The van der Waals surface area contributed by atoms with Gasteiger partial charge in [-0.1, -0.05) is 6.92 Å². The third kappa shape index (κ3) is 6.35. The van der Waals surface area contributed by atoms with E-state index in [1.54, 1.807) is 0 Å².